The third-order valence-electron chi connectivity index (χ3n) is 2.41. The fourth-order valence-corrected chi connectivity index (χ4v) is 2.18. The van der Waals surface area contributed by atoms with Crippen LogP contribution in [-0.4, -0.2) is 50.1 Å². The largest absolute Gasteiger partial charge is 0.469 e. The molecule has 102 valence electrons. The summed E-state index contributed by atoms with van der Waals surface area (Å²) in [6.07, 6.45) is 2.53. The number of rotatable bonds is 8. The Labute approximate surface area is 112 Å². The number of nitrogens with one attached hydrogen (secondary N) is 1. The van der Waals surface area contributed by atoms with E-state index < -0.39 is 0 Å². The van der Waals surface area contributed by atoms with Crippen LogP contribution in [0.4, 0.5) is 5.13 Å². The summed E-state index contributed by atoms with van der Waals surface area (Å²) in [7, 11) is 5.54. The van der Waals surface area contributed by atoms with Gasteiger partial charge in [0.1, 0.15) is 0 Å². The Morgan fingerprint density at radius 2 is 2.28 bits per heavy atom. The minimum absolute atomic E-state index is 0.245. The zero-order chi connectivity index (χ0) is 13.4. The van der Waals surface area contributed by atoms with Crippen LogP contribution in [0, 0.1) is 0 Å². The lowest BCUT2D eigenvalue weighted by Crippen LogP contribution is -2.14. The second-order valence-electron chi connectivity index (χ2n) is 4.33. The maximum absolute atomic E-state index is 11.1. The van der Waals surface area contributed by atoms with Gasteiger partial charge in [-0.15, -0.1) is 11.3 Å². The van der Waals surface area contributed by atoms with E-state index in [1.807, 2.05) is 5.38 Å². The average Bonchev–Trinajstić information content (AvgIpc) is 2.75. The maximum Gasteiger partial charge on any atom is 0.311 e. The Kier molecular flexibility index (Phi) is 6.67. The van der Waals surface area contributed by atoms with Crippen LogP contribution in [0.1, 0.15) is 18.5 Å². The number of thiazole rings is 1. The predicted octanol–water partition coefficient (Wildman–Crippen LogP) is 1.61. The molecule has 5 nitrogen and oxygen atoms in total. The molecule has 0 aliphatic heterocycles. The number of aromatic nitrogens is 1. The summed E-state index contributed by atoms with van der Waals surface area (Å²) in [5.41, 5.74) is 0.766. The van der Waals surface area contributed by atoms with Gasteiger partial charge in [-0.1, -0.05) is 0 Å². The molecule has 0 spiro atoms. The Bertz CT molecular complexity index is 366. The molecular formula is C12H21N3O2S. The molecule has 0 aliphatic rings. The number of carbonyl (C=O) groups excluding carboxylic acids is 1. The molecule has 18 heavy (non-hydrogen) atoms. The highest BCUT2D eigenvalue weighted by atomic mass is 32.1. The second-order valence-corrected chi connectivity index (χ2v) is 5.19. The molecule has 0 aromatic carbocycles. The molecule has 6 heteroatoms. The van der Waals surface area contributed by atoms with E-state index in [2.05, 4.69) is 34.0 Å². The first-order chi connectivity index (χ1) is 8.61. The van der Waals surface area contributed by atoms with E-state index in [0.29, 0.717) is 0 Å². The first-order valence-electron chi connectivity index (χ1n) is 6.01. The number of methoxy groups -OCH3 is 1. The van der Waals surface area contributed by atoms with Crippen molar-refractivity contribution in [2.75, 3.05) is 39.6 Å². The fraction of sp³-hybridized carbons (Fsp3) is 0.667. The molecule has 0 bridgehead atoms. The summed E-state index contributed by atoms with van der Waals surface area (Å²) in [6, 6.07) is 0. The van der Waals surface area contributed by atoms with Gasteiger partial charge < -0.3 is 15.0 Å². The SMILES string of the molecule is COC(=O)Cc1csc(NCCCCN(C)C)n1. The van der Waals surface area contributed by atoms with Crippen LogP contribution in [0.15, 0.2) is 5.38 Å². The van der Waals surface area contributed by atoms with Crippen molar-refractivity contribution in [3.8, 4) is 0 Å². The molecule has 0 saturated heterocycles. The van der Waals surface area contributed by atoms with E-state index in [9.17, 15) is 4.79 Å². The number of anilines is 1. The Hall–Kier alpha value is -1.14. The number of esters is 1. The molecule has 0 radical (unpaired) electrons. The second kappa shape index (κ2) is 8.05. The highest BCUT2D eigenvalue weighted by Gasteiger charge is 2.07. The quantitative estimate of drug-likeness (QED) is 0.575. The van der Waals surface area contributed by atoms with Gasteiger partial charge in [-0.05, 0) is 33.5 Å². The first-order valence-corrected chi connectivity index (χ1v) is 6.89. The summed E-state index contributed by atoms with van der Waals surface area (Å²) in [6.45, 7) is 2.02. The number of carbonyl (C=O) groups is 1. The van der Waals surface area contributed by atoms with E-state index in [1.165, 1.54) is 24.9 Å². The van der Waals surface area contributed by atoms with E-state index in [-0.39, 0.29) is 12.4 Å². The maximum atomic E-state index is 11.1. The standard InChI is InChI=1S/C12H21N3O2S/c1-15(2)7-5-4-6-13-12-14-10(9-18-12)8-11(16)17-3/h9H,4-8H2,1-3H3,(H,13,14). The van der Waals surface area contributed by atoms with Crippen LogP contribution in [0.25, 0.3) is 0 Å². The van der Waals surface area contributed by atoms with E-state index >= 15 is 0 Å². The first kappa shape index (κ1) is 14.9. The molecule has 0 aliphatic carbocycles. The number of nitrogens with zero attached hydrogens (tertiary/aromatic N) is 2. The molecule has 1 aromatic heterocycles. The molecule has 1 rings (SSSR count). The van der Waals surface area contributed by atoms with Gasteiger partial charge in [-0.25, -0.2) is 4.98 Å². The molecule has 0 fully saturated rings. The lowest BCUT2D eigenvalue weighted by molar-refractivity contribution is -0.139. The van der Waals surface area contributed by atoms with Crippen molar-refractivity contribution in [2.45, 2.75) is 19.3 Å². The molecule has 1 heterocycles. The van der Waals surface area contributed by atoms with Gasteiger partial charge in [-0.2, -0.15) is 0 Å². The molecule has 0 unspecified atom stereocenters. The van der Waals surface area contributed by atoms with Crippen LogP contribution < -0.4 is 5.32 Å². The lowest BCUT2D eigenvalue weighted by atomic mass is 10.3. The highest BCUT2D eigenvalue weighted by molar-refractivity contribution is 7.13. The normalized spacial score (nSPS) is 10.7. The van der Waals surface area contributed by atoms with Crippen molar-refractivity contribution in [3.63, 3.8) is 0 Å². The van der Waals surface area contributed by atoms with E-state index in [4.69, 9.17) is 0 Å². The lowest BCUT2D eigenvalue weighted by Gasteiger charge is -2.08. The monoisotopic (exact) mass is 271 g/mol. The van der Waals surface area contributed by atoms with Gasteiger partial charge in [0.15, 0.2) is 5.13 Å². The number of hydrogen-bond donors (Lipinski definition) is 1. The average molecular weight is 271 g/mol. The zero-order valence-corrected chi connectivity index (χ0v) is 12.0. The smallest absolute Gasteiger partial charge is 0.311 e. The summed E-state index contributed by atoms with van der Waals surface area (Å²) in [4.78, 5) is 17.6. The number of hydrogen-bond acceptors (Lipinski definition) is 6. The van der Waals surface area contributed by atoms with E-state index in [0.717, 1.165) is 30.3 Å². The number of ether oxygens (including phenoxy) is 1. The van der Waals surface area contributed by atoms with Crippen LogP contribution >= 0.6 is 11.3 Å². The Morgan fingerprint density at radius 1 is 1.50 bits per heavy atom. The van der Waals surface area contributed by atoms with Gasteiger partial charge >= 0.3 is 5.97 Å². The summed E-state index contributed by atoms with van der Waals surface area (Å²) in [5.74, 6) is -0.252. The minimum Gasteiger partial charge on any atom is -0.469 e. The topological polar surface area (TPSA) is 54.5 Å². The Balaban J connectivity index is 2.21. The Morgan fingerprint density at radius 3 is 2.94 bits per heavy atom. The van der Waals surface area contributed by atoms with Crippen LogP contribution in [-0.2, 0) is 16.0 Å². The summed E-state index contributed by atoms with van der Waals surface area (Å²) in [5, 5.41) is 6.03. The van der Waals surface area contributed by atoms with Gasteiger partial charge in [0.25, 0.3) is 0 Å². The summed E-state index contributed by atoms with van der Waals surface area (Å²) < 4.78 is 4.60. The zero-order valence-electron chi connectivity index (χ0n) is 11.2. The van der Waals surface area contributed by atoms with Crippen LogP contribution in [0.5, 0.6) is 0 Å². The van der Waals surface area contributed by atoms with Gasteiger partial charge in [-0.3, -0.25) is 4.79 Å². The van der Waals surface area contributed by atoms with Crippen molar-refractivity contribution >= 4 is 22.4 Å². The van der Waals surface area contributed by atoms with Crippen molar-refractivity contribution in [2.24, 2.45) is 0 Å². The predicted molar refractivity (Wildman–Crippen MR) is 74.1 cm³/mol. The van der Waals surface area contributed by atoms with E-state index in [1.54, 1.807) is 0 Å². The van der Waals surface area contributed by atoms with Crippen molar-refractivity contribution < 1.29 is 9.53 Å². The van der Waals surface area contributed by atoms with Crippen molar-refractivity contribution in [1.82, 2.24) is 9.88 Å². The highest BCUT2D eigenvalue weighted by Crippen LogP contribution is 2.16. The molecular weight excluding hydrogens is 250 g/mol. The van der Waals surface area contributed by atoms with Crippen molar-refractivity contribution in [3.05, 3.63) is 11.1 Å². The van der Waals surface area contributed by atoms with Crippen LogP contribution in [0.2, 0.25) is 0 Å². The third-order valence-corrected chi connectivity index (χ3v) is 3.26. The van der Waals surface area contributed by atoms with Gasteiger partial charge in [0.05, 0.1) is 19.2 Å². The molecule has 1 N–H and O–H groups in total. The van der Waals surface area contributed by atoms with Crippen LogP contribution in [0.3, 0.4) is 0 Å². The van der Waals surface area contributed by atoms with Crippen molar-refractivity contribution in [1.29, 1.82) is 0 Å². The minimum atomic E-state index is -0.252. The molecule has 0 atom stereocenters. The van der Waals surface area contributed by atoms with Gasteiger partial charge in [0.2, 0.25) is 0 Å². The molecule has 1 aromatic rings. The fourth-order valence-electron chi connectivity index (χ4n) is 1.44. The third kappa shape index (κ3) is 5.97. The summed E-state index contributed by atoms with van der Waals surface area (Å²) >= 11 is 1.53. The van der Waals surface area contributed by atoms with Gasteiger partial charge in [0, 0.05) is 11.9 Å². The molecule has 0 saturated carbocycles. The number of unbranched alkanes of at least 4 members (excludes halogenated alkanes) is 1. The molecule has 0 amide bonds.